The average molecular weight is 450 g/mol. The van der Waals surface area contributed by atoms with Crippen LogP contribution in [0, 0.1) is 22.6 Å². The number of methoxy groups -OCH3 is 1. The highest BCUT2D eigenvalue weighted by Gasteiger charge is 2.25. The molecule has 0 bridgehead atoms. The van der Waals surface area contributed by atoms with Crippen molar-refractivity contribution in [1.29, 1.82) is 10.7 Å². The summed E-state index contributed by atoms with van der Waals surface area (Å²) in [7, 11) is 1.42. The molecule has 2 N–H and O–H groups in total. The van der Waals surface area contributed by atoms with Gasteiger partial charge in [0.15, 0.2) is 5.17 Å². The van der Waals surface area contributed by atoms with E-state index in [9.17, 15) is 14.4 Å². The van der Waals surface area contributed by atoms with Crippen molar-refractivity contribution in [1.82, 2.24) is 5.32 Å². The quantitative estimate of drug-likeness (QED) is 0.409. The lowest BCUT2D eigenvalue weighted by atomic mass is 9.92. The monoisotopic (exact) mass is 449 g/mol. The summed E-state index contributed by atoms with van der Waals surface area (Å²) in [4.78, 5) is 13.2. The number of carbonyl (C=O) groups excluding carboxylic acids is 1. The number of carbonyl (C=O) groups is 1. The van der Waals surface area contributed by atoms with Crippen molar-refractivity contribution < 1.29 is 18.7 Å². The lowest BCUT2D eigenvalue weighted by Crippen LogP contribution is -2.28. The van der Waals surface area contributed by atoms with Gasteiger partial charge in [-0.2, -0.15) is 5.26 Å². The van der Waals surface area contributed by atoms with Crippen LogP contribution in [0.15, 0.2) is 60.7 Å². The number of nitriles is 1. The van der Waals surface area contributed by atoms with Crippen LogP contribution in [0.1, 0.15) is 21.5 Å². The van der Waals surface area contributed by atoms with E-state index < -0.39 is 11.7 Å². The van der Waals surface area contributed by atoms with Gasteiger partial charge in [-0.05, 0) is 42.2 Å². The number of rotatable bonds is 6. The highest BCUT2D eigenvalue weighted by atomic mass is 32.2. The maximum atomic E-state index is 14.2. The van der Waals surface area contributed by atoms with E-state index in [0.29, 0.717) is 0 Å². The zero-order valence-corrected chi connectivity index (χ0v) is 18.3. The van der Waals surface area contributed by atoms with Crippen LogP contribution in [0.2, 0.25) is 0 Å². The Labute approximate surface area is 189 Å². The van der Waals surface area contributed by atoms with Crippen molar-refractivity contribution in [2.45, 2.75) is 6.61 Å². The number of hydrogen-bond acceptors (Lipinski definition) is 6. The van der Waals surface area contributed by atoms with Crippen molar-refractivity contribution in [3.8, 4) is 28.7 Å². The molecule has 0 radical (unpaired) electrons. The molecule has 0 saturated carbocycles. The van der Waals surface area contributed by atoms with Crippen molar-refractivity contribution in [2.75, 3.05) is 13.4 Å². The molecule has 3 aromatic carbocycles. The van der Waals surface area contributed by atoms with Crippen LogP contribution in [0.3, 0.4) is 0 Å². The lowest BCUT2D eigenvalue weighted by molar-refractivity contribution is 0.0974. The summed E-state index contributed by atoms with van der Waals surface area (Å²) >= 11 is 1.05. The molecular weight excluding hydrogens is 429 g/mol. The Balaban J connectivity index is 2.21. The second-order valence-corrected chi connectivity index (χ2v) is 7.40. The van der Waals surface area contributed by atoms with Crippen molar-refractivity contribution in [2.24, 2.45) is 0 Å². The minimum atomic E-state index is -0.647. The lowest BCUT2D eigenvalue weighted by Gasteiger charge is -2.18. The zero-order chi connectivity index (χ0) is 23.1. The Kier molecular flexibility index (Phi) is 7.47. The van der Waals surface area contributed by atoms with Gasteiger partial charge in [-0.25, -0.2) is 4.39 Å². The second-order valence-electron chi connectivity index (χ2n) is 6.58. The minimum absolute atomic E-state index is 0.0164. The van der Waals surface area contributed by atoms with Gasteiger partial charge in [-0.15, -0.1) is 0 Å². The highest BCUT2D eigenvalue weighted by Crippen LogP contribution is 2.39. The van der Waals surface area contributed by atoms with Crippen LogP contribution in [0.25, 0.3) is 11.1 Å². The number of nitrogens with one attached hydrogen (secondary N) is 2. The smallest absolute Gasteiger partial charge is 0.261 e. The van der Waals surface area contributed by atoms with Crippen LogP contribution in [0.5, 0.6) is 11.5 Å². The van der Waals surface area contributed by atoms with Gasteiger partial charge in [-0.3, -0.25) is 10.2 Å². The Morgan fingerprint density at radius 2 is 1.88 bits per heavy atom. The maximum Gasteiger partial charge on any atom is 0.261 e. The molecule has 3 rings (SSSR count). The van der Waals surface area contributed by atoms with Gasteiger partial charge in [0.05, 0.1) is 24.3 Å². The standard InChI is InChI=1S/C24H20FN3O3S/c1-30-19-11-9-17(25)12-18(19)21-16(13-26)8-10-20(22(21)23(29)28-24(27)32-2)31-14-15-6-4-3-5-7-15/h3-12H,14H2,1-2H3,(H2,27,28,29). The molecule has 32 heavy (non-hydrogen) atoms. The Morgan fingerprint density at radius 1 is 1.16 bits per heavy atom. The Bertz CT molecular complexity index is 1190. The number of amides is 1. The van der Waals surface area contributed by atoms with Crippen LogP contribution < -0.4 is 14.8 Å². The van der Waals surface area contributed by atoms with Gasteiger partial charge < -0.3 is 14.8 Å². The summed E-state index contributed by atoms with van der Waals surface area (Å²) in [6.45, 7) is 0.173. The third kappa shape index (κ3) is 5.07. The predicted molar refractivity (Wildman–Crippen MR) is 123 cm³/mol. The number of hydrogen-bond donors (Lipinski definition) is 2. The van der Waals surface area contributed by atoms with Crippen LogP contribution >= 0.6 is 11.8 Å². The summed E-state index contributed by atoms with van der Waals surface area (Å²) in [6, 6.07) is 18.3. The Hall–Kier alpha value is -3.83. The molecule has 0 atom stereocenters. The molecule has 0 aromatic heterocycles. The third-order valence-electron chi connectivity index (χ3n) is 4.61. The van der Waals surface area contributed by atoms with Gasteiger partial charge in [0.1, 0.15) is 23.9 Å². The van der Waals surface area contributed by atoms with Gasteiger partial charge in [-0.1, -0.05) is 42.1 Å². The van der Waals surface area contributed by atoms with E-state index >= 15 is 0 Å². The molecule has 3 aromatic rings. The highest BCUT2D eigenvalue weighted by molar-refractivity contribution is 8.13. The SMILES string of the molecule is COc1ccc(F)cc1-c1c(C#N)ccc(OCc2ccccc2)c1C(=O)NC(=N)SC. The molecule has 0 saturated heterocycles. The van der Waals surface area contributed by atoms with Gasteiger partial charge >= 0.3 is 0 Å². The third-order valence-corrected chi connectivity index (χ3v) is 5.12. The summed E-state index contributed by atoms with van der Waals surface area (Å²) in [5.41, 5.74) is 1.44. The first-order valence-electron chi connectivity index (χ1n) is 9.50. The molecule has 0 unspecified atom stereocenters. The van der Waals surface area contributed by atoms with E-state index in [0.717, 1.165) is 17.3 Å². The summed E-state index contributed by atoms with van der Waals surface area (Å²) in [5, 5.41) is 20.0. The van der Waals surface area contributed by atoms with E-state index in [4.69, 9.17) is 14.9 Å². The summed E-state index contributed by atoms with van der Waals surface area (Å²) < 4.78 is 25.5. The first-order valence-corrected chi connectivity index (χ1v) is 10.7. The van der Waals surface area contributed by atoms with Gasteiger partial charge in [0.2, 0.25) is 0 Å². The zero-order valence-electron chi connectivity index (χ0n) is 17.4. The average Bonchev–Trinajstić information content (AvgIpc) is 2.82. The molecule has 162 valence electrons. The maximum absolute atomic E-state index is 14.2. The number of benzene rings is 3. The predicted octanol–water partition coefficient (Wildman–Crippen LogP) is 4.98. The normalized spacial score (nSPS) is 10.2. The molecule has 6 nitrogen and oxygen atoms in total. The molecule has 0 aliphatic heterocycles. The topological polar surface area (TPSA) is 95.2 Å². The summed E-state index contributed by atoms with van der Waals surface area (Å²) in [6.07, 6.45) is 1.65. The van der Waals surface area contributed by atoms with Crippen molar-refractivity contribution >= 4 is 22.8 Å². The van der Waals surface area contributed by atoms with E-state index in [1.807, 2.05) is 30.3 Å². The molecule has 0 fully saturated rings. The fraction of sp³-hybridized carbons (Fsp3) is 0.125. The fourth-order valence-electron chi connectivity index (χ4n) is 3.13. The molecule has 1 amide bonds. The molecule has 0 aliphatic carbocycles. The largest absolute Gasteiger partial charge is 0.496 e. The number of halogens is 1. The van der Waals surface area contributed by atoms with Gasteiger partial charge in [0, 0.05) is 11.1 Å². The second kappa shape index (κ2) is 10.5. The van der Waals surface area contributed by atoms with Gasteiger partial charge in [0.25, 0.3) is 5.91 Å². The molecular formula is C24H20FN3O3S. The minimum Gasteiger partial charge on any atom is -0.496 e. The first kappa shape index (κ1) is 22.8. The number of ether oxygens (including phenoxy) is 2. The first-order chi connectivity index (χ1) is 15.5. The number of amidine groups is 1. The van der Waals surface area contributed by atoms with E-state index in [2.05, 4.69) is 11.4 Å². The molecule has 0 heterocycles. The number of thioether (sulfide) groups is 1. The van der Waals surface area contributed by atoms with Crippen molar-refractivity contribution in [3.05, 3.63) is 83.2 Å². The van der Waals surface area contributed by atoms with E-state index in [1.165, 1.54) is 37.4 Å². The summed E-state index contributed by atoms with van der Waals surface area (Å²) in [5.74, 6) is -0.716. The van der Waals surface area contributed by atoms with Crippen molar-refractivity contribution in [3.63, 3.8) is 0 Å². The van der Waals surface area contributed by atoms with Crippen LogP contribution in [-0.4, -0.2) is 24.4 Å². The Morgan fingerprint density at radius 3 is 2.53 bits per heavy atom. The van der Waals surface area contributed by atoms with E-state index in [-0.39, 0.29) is 45.5 Å². The van der Waals surface area contributed by atoms with Crippen LogP contribution in [-0.2, 0) is 6.61 Å². The molecule has 8 heteroatoms. The fourth-order valence-corrected chi connectivity index (χ4v) is 3.32. The molecule has 0 aliphatic rings. The number of nitrogens with zero attached hydrogens (tertiary/aromatic N) is 1. The van der Waals surface area contributed by atoms with Crippen LogP contribution in [0.4, 0.5) is 4.39 Å². The van der Waals surface area contributed by atoms with E-state index in [1.54, 1.807) is 6.26 Å². The molecule has 0 spiro atoms.